The molecule has 0 saturated carbocycles. The highest BCUT2D eigenvalue weighted by Crippen LogP contribution is 2.18. The van der Waals surface area contributed by atoms with Gasteiger partial charge in [0.05, 0.1) is 24.4 Å². The van der Waals surface area contributed by atoms with Crippen LogP contribution in [0.2, 0.25) is 0 Å². The van der Waals surface area contributed by atoms with Gasteiger partial charge in [0.1, 0.15) is 0 Å². The summed E-state index contributed by atoms with van der Waals surface area (Å²) >= 11 is 0. The van der Waals surface area contributed by atoms with Crippen molar-refractivity contribution in [2.75, 3.05) is 20.3 Å². The first-order chi connectivity index (χ1) is 7.34. The Labute approximate surface area is 99.0 Å². The minimum Gasteiger partial charge on any atom is -0.394 e. The zero-order valence-electron chi connectivity index (χ0n) is 11.2. The third-order valence-electron chi connectivity index (χ3n) is 3.19. The fourth-order valence-corrected chi connectivity index (χ4v) is 1.86. The number of aliphatic hydroxyl groups excluding tert-OH is 2. The van der Waals surface area contributed by atoms with Crippen molar-refractivity contribution in [1.29, 1.82) is 0 Å². The Hall–Kier alpha value is -0.160. The van der Waals surface area contributed by atoms with Gasteiger partial charge in [0, 0.05) is 13.2 Å². The molecule has 0 aromatic rings. The third-order valence-corrected chi connectivity index (χ3v) is 3.19. The van der Waals surface area contributed by atoms with E-state index in [0.29, 0.717) is 6.42 Å². The molecule has 1 unspecified atom stereocenters. The van der Waals surface area contributed by atoms with E-state index < -0.39 is 5.54 Å². The van der Waals surface area contributed by atoms with Crippen LogP contribution in [0.5, 0.6) is 0 Å². The van der Waals surface area contributed by atoms with Crippen LogP contribution >= 0.6 is 0 Å². The third kappa shape index (κ3) is 4.78. The van der Waals surface area contributed by atoms with Crippen LogP contribution in [0.15, 0.2) is 0 Å². The van der Waals surface area contributed by atoms with E-state index >= 15 is 0 Å². The van der Waals surface area contributed by atoms with Crippen molar-refractivity contribution >= 4 is 0 Å². The molecule has 0 fully saturated rings. The van der Waals surface area contributed by atoms with Crippen LogP contribution < -0.4 is 5.32 Å². The normalized spacial score (nSPS) is 15.2. The van der Waals surface area contributed by atoms with Gasteiger partial charge in [0.15, 0.2) is 0 Å². The van der Waals surface area contributed by atoms with Crippen LogP contribution in [0.4, 0.5) is 0 Å². The maximum atomic E-state index is 9.33. The molecule has 0 aliphatic rings. The molecule has 0 radical (unpaired) electrons. The van der Waals surface area contributed by atoms with Gasteiger partial charge >= 0.3 is 0 Å². The molecule has 0 amide bonds. The Morgan fingerprint density at radius 3 is 2.06 bits per heavy atom. The lowest BCUT2D eigenvalue weighted by Gasteiger charge is -2.36. The van der Waals surface area contributed by atoms with Gasteiger partial charge in [-0.3, -0.25) is 0 Å². The molecule has 4 heteroatoms. The SMILES string of the molecule is CCC(CO)(CO)NC(C)CC(C)(C)OC. The summed E-state index contributed by atoms with van der Waals surface area (Å²) in [5.41, 5.74) is -0.778. The first-order valence-corrected chi connectivity index (χ1v) is 5.89. The average molecular weight is 233 g/mol. The van der Waals surface area contributed by atoms with Gasteiger partial charge in [0.25, 0.3) is 0 Å². The monoisotopic (exact) mass is 233 g/mol. The Morgan fingerprint density at radius 1 is 1.25 bits per heavy atom. The number of rotatable bonds is 8. The predicted molar refractivity (Wildman–Crippen MR) is 65.5 cm³/mol. The van der Waals surface area contributed by atoms with Gasteiger partial charge in [-0.1, -0.05) is 6.92 Å². The molecule has 1 atom stereocenters. The summed E-state index contributed by atoms with van der Waals surface area (Å²) < 4.78 is 5.36. The number of hydrogen-bond acceptors (Lipinski definition) is 4. The second kappa shape index (κ2) is 6.55. The van der Waals surface area contributed by atoms with E-state index in [2.05, 4.69) is 5.32 Å². The Morgan fingerprint density at radius 2 is 1.75 bits per heavy atom. The largest absolute Gasteiger partial charge is 0.394 e. The number of methoxy groups -OCH3 is 1. The van der Waals surface area contributed by atoms with E-state index in [0.717, 1.165) is 6.42 Å². The highest BCUT2D eigenvalue weighted by atomic mass is 16.5. The van der Waals surface area contributed by atoms with Gasteiger partial charge in [-0.05, 0) is 33.6 Å². The lowest BCUT2D eigenvalue weighted by Crippen LogP contribution is -2.55. The Kier molecular flexibility index (Phi) is 6.48. The van der Waals surface area contributed by atoms with Crippen LogP contribution in [-0.2, 0) is 4.74 Å². The molecule has 0 bridgehead atoms. The van der Waals surface area contributed by atoms with Crippen molar-refractivity contribution in [2.24, 2.45) is 0 Å². The lowest BCUT2D eigenvalue weighted by atomic mass is 9.93. The lowest BCUT2D eigenvalue weighted by molar-refractivity contribution is -0.000166. The summed E-state index contributed by atoms with van der Waals surface area (Å²) in [5, 5.41) is 21.9. The number of nitrogens with one attached hydrogen (secondary N) is 1. The summed E-state index contributed by atoms with van der Waals surface area (Å²) in [6.45, 7) is 7.92. The first kappa shape index (κ1) is 15.8. The van der Waals surface area contributed by atoms with Gasteiger partial charge in [0.2, 0.25) is 0 Å². The fraction of sp³-hybridized carbons (Fsp3) is 1.00. The van der Waals surface area contributed by atoms with Gasteiger partial charge in [-0.25, -0.2) is 0 Å². The number of hydrogen-bond donors (Lipinski definition) is 3. The minimum atomic E-state index is -0.580. The topological polar surface area (TPSA) is 61.7 Å². The van der Waals surface area contributed by atoms with Crippen molar-refractivity contribution < 1.29 is 14.9 Å². The van der Waals surface area contributed by atoms with E-state index in [9.17, 15) is 10.2 Å². The quantitative estimate of drug-likeness (QED) is 0.583. The molecular weight excluding hydrogens is 206 g/mol. The van der Waals surface area contributed by atoms with Crippen molar-refractivity contribution in [3.8, 4) is 0 Å². The van der Waals surface area contributed by atoms with E-state index in [4.69, 9.17) is 4.74 Å². The first-order valence-electron chi connectivity index (χ1n) is 5.89. The molecule has 98 valence electrons. The van der Waals surface area contributed by atoms with E-state index in [1.807, 2.05) is 27.7 Å². The van der Waals surface area contributed by atoms with Crippen LogP contribution in [0.25, 0.3) is 0 Å². The van der Waals surface area contributed by atoms with Gasteiger partial charge in [-0.15, -0.1) is 0 Å². The molecule has 4 nitrogen and oxygen atoms in total. The molecule has 0 aromatic heterocycles. The molecule has 0 aliphatic heterocycles. The zero-order chi connectivity index (χ0) is 12.8. The standard InChI is InChI=1S/C12H27NO3/c1-6-12(8-14,9-15)13-10(2)7-11(3,4)16-5/h10,13-15H,6-9H2,1-5H3. The van der Waals surface area contributed by atoms with E-state index in [1.165, 1.54) is 0 Å². The maximum absolute atomic E-state index is 9.33. The van der Waals surface area contributed by atoms with Gasteiger partial charge < -0.3 is 20.3 Å². The number of ether oxygens (including phenoxy) is 1. The van der Waals surface area contributed by atoms with Crippen molar-refractivity contribution in [2.45, 2.75) is 57.7 Å². The zero-order valence-corrected chi connectivity index (χ0v) is 11.2. The highest BCUT2D eigenvalue weighted by molar-refractivity contribution is 4.89. The van der Waals surface area contributed by atoms with Crippen LogP contribution in [0.3, 0.4) is 0 Å². The average Bonchev–Trinajstić information content (AvgIpc) is 2.25. The maximum Gasteiger partial charge on any atom is 0.0647 e. The number of aliphatic hydroxyl groups is 2. The second-order valence-electron chi connectivity index (χ2n) is 5.16. The van der Waals surface area contributed by atoms with Crippen molar-refractivity contribution in [3.05, 3.63) is 0 Å². The minimum absolute atomic E-state index is 0.0578. The molecule has 3 N–H and O–H groups in total. The summed E-state index contributed by atoms with van der Waals surface area (Å²) in [6.07, 6.45) is 1.52. The predicted octanol–water partition coefficient (Wildman–Crippen LogP) is 0.913. The highest BCUT2D eigenvalue weighted by Gasteiger charge is 2.30. The Bertz CT molecular complexity index is 182. The fourth-order valence-electron chi connectivity index (χ4n) is 1.86. The summed E-state index contributed by atoms with van der Waals surface area (Å²) in [5.74, 6) is 0. The van der Waals surface area contributed by atoms with Crippen LogP contribution in [0.1, 0.15) is 40.5 Å². The van der Waals surface area contributed by atoms with Gasteiger partial charge in [-0.2, -0.15) is 0 Å². The van der Waals surface area contributed by atoms with E-state index in [-0.39, 0.29) is 24.9 Å². The molecule has 0 heterocycles. The summed E-state index contributed by atoms with van der Waals surface area (Å²) in [6, 6.07) is 0.175. The Balaban J connectivity index is 4.36. The molecule has 0 aliphatic carbocycles. The summed E-state index contributed by atoms with van der Waals surface area (Å²) in [7, 11) is 1.69. The van der Waals surface area contributed by atoms with Crippen molar-refractivity contribution in [1.82, 2.24) is 5.32 Å². The van der Waals surface area contributed by atoms with Crippen LogP contribution in [-0.4, -0.2) is 47.7 Å². The molecule has 16 heavy (non-hydrogen) atoms. The van der Waals surface area contributed by atoms with Crippen molar-refractivity contribution in [3.63, 3.8) is 0 Å². The van der Waals surface area contributed by atoms with E-state index in [1.54, 1.807) is 7.11 Å². The molecular formula is C12H27NO3. The molecule has 0 saturated heterocycles. The summed E-state index contributed by atoms with van der Waals surface area (Å²) in [4.78, 5) is 0. The second-order valence-corrected chi connectivity index (χ2v) is 5.16. The molecule has 0 aromatic carbocycles. The smallest absolute Gasteiger partial charge is 0.0647 e. The van der Waals surface area contributed by atoms with Crippen LogP contribution in [0, 0.1) is 0 Å². The molecule has 0 spiro atoms. The molecule has 0 rings (SSSR count).